The zero-order chi connectivity index (χ0) is 22.3. The Balaban J connectivity index is 1.26. The largest absolute Gasteiger partial charge is 0.459 e. The summed E-state index contributed by atoms with van der Waals surface area (Å²) in [6.45, 7) is 9.33. The Morgan fingerprint density at radius 3 is 2.44 bits per heavy atom. The van der Waals surface area contributed by atoms with E-state index in [1.807, 2.05) is 11.9 Å². The van der Waals surface area contributed by atoms with Gasteiger partial charge in [0.25, 0.3) is 5.91 Å². The van der Waals surface area contributed by atoms with E-state index < -0.39 is 0 Å². The number of piperidine rings is 1. The SMILES string of the molecule is CN=C(NCc1cccc(CN2CCC(C)CC2)c1)N1CCN(C(=O)c2ccco2)CC1. The van der Waals surface area contributed by atoms with Crippen LogP contribution in [-0.4, -0.2) is 72.9 Å². The number of piperazine rings is 1. The Morgan fingerprint density at radius 2 is 1.75 bits per heavy atom. The molecule has 0 aliphatic carbocycles. The molecule has 4 rings (SSSR count). The van der Waals surface area contributed by atoms with Crippen LogP contribution >= 0.6 is 0 Å². The number of nitrogens with zero attached hydrogens (tertiary/aromatic N) is 4. The van der Waals surface area contributed by atoms with E-state index in [-0.39, 0.29) is 5.91 Å². The number of guanidine groups is 1. The number of rotatable bonds is 5. The number of benzene rings is 1. The third-order valence-corrected chi connectivity index (χ3v) is 6.53. The summed E-state index contributed by atoms with van der Waals surface area (Å²) in [5.41, 5.74) is 2.64. The Labute approximate surface area is 191 Å². The van der Waals surface area contributed by atoms with E-state index in [1.54, 1.807) is 12.1 Å². The molecule has 0 radical (unpaired) electrons. The van der Waals surface area contributed by atoms with Gasteiger partial charge in [-0.05, 0) is 55.1 Å². The molecular formula is C25H35N5O2. The molecule has 0 spiro atoms. The molecule has 2 saturated heterocycles. The van der Waals surface area contributed by atoms with Gasteiger partial charge in [-0.2, -0.15) is 0 Å². The molecular weight excluding hydrogens is 402 g/mol. The minimum absolute atomic E-state index is 0.0439. The van der Waals surface area contributed by atoms with E-state index >= 15 is 0 Å². The number of amides is 1. The lowest BCUT2D eigenvalue weighted by atomic mass is 9.98. The molecule has 0 atom stereocenters. The zero-order valence-electron chi connectivity index (χ0n) is 19.3. The van der Waals surface area contributed by atoms with Gasteiger partial charge in [-0.1, -0.05) is 31.2 Å². The zero-order valence-corrected chi connectivity index (χ0v) is 19.3. The summed E-state index contributed by atoms with van der Waals surface area (Å²) in [6.07, 6.45) is 4.15. The van der Waals surface area contributed by atoms with Crippen molar-refractivity contribution in [2.75, 3.05) is 46.3 Å². The molecule has 1 aromatic carbocycles. The maximum atomic E-state index is 12.5. The van der Waals surface area contributed by atoms with Gasteiger partial charge in [0, 0.05) is 46.3 Å². The van der Waals surface area contributed by atoms with Crippen LogP contribution in [-0.2, 0) is 13.1 Å². The van der Waals surface area contributed by atoms with Crippen LogP contribution in [0.3, 0.4) is 0 Å². The highest BCUT2D eigenvalue weighted by Crippen LogP contribution is 2.18. The van der Waals surface area contributed by atoms with Crippen molar-refractivity contribution >= 4 is 11.9 Å². The summed E-state index contributed by atoms with van der Waals surface area (Å²) in [7, 11) is 1.82. The van der Waals surface area contributed by atoms with Gasteiger partial charge in [-0.15, -0.1) is 0 Å². The molecule has 0 saturated carbocycles. The maximum absolute atomic E-state index is 12.5. The van der Waals surface area contributed by atoms with Crippen LogP contribution in [0.1, 0.15) is 41.4 Å². The Morgan fingerprint density at radius 1 is 1.03 bits per heavy atom. The van der Waals surface area contributed by atoms with E-state index in [0.29, 0.717) is 18.8 Å². The molecule has 0 bridgehead atoms. The minimum Gasteiger partial charge on any atom is -0.459 e. The van der Waals surface area contributed by atoms with Crippen LogP contribution in [0.15, 0.2) is 52.1 Å². The molecule has 3 heterocycles. The van der Waals surface area contributed by atoms with Gasteiger partial charge in [-0.25, -0.2) is 0 Å². The topological polar surface area (TPSA) is 64.3 Å². The molecule has 7 nitrogen and oxygen atoms in total. The van der Waals surface area contributed by atoms with Gasteiger partial charge in [-0.3, -0.25) is 14.7 Å². The highest BCUT2D eigenvalue weighted by atomic mass is 16.3. The average molecular weight is 438 g/mol. The lowest BCUT2D eigenvalue weighted by Crippen LogP contribution is -2.53. The Hall–Kier alpha value is -2.80. The summed E-state index contributed by atoms with van der Waals surface area (Å²) in [5.74, 6) is 2.10. The monoisotopic (exact) mass is 437 g/mol. The molecule has 2 fully saturated rings. The molecule has 1 N–H and O–H groups in total. The van der Waals surface area contributed by atoms with E-state index in [4.69, 9.17) is 4.42 Å². The average Bonchev–Trinajstić information content (AvgIpc) is 3.36. The number of carbonyl (C=O) groups excluding carboxylic acids is 1. The third-order valence-electron chi connectivity index (χ3n) is 6.53. The maximum Gasteiger partial charge on any atom is 0.289 e. The van der Waals surface area contributed by atoms with Gasteiger partial charge in [0.15, 0.2) is 11.7 Å². The molecule has 7 heteroatoms. The van der Waals surface area contributed by atoms with Crippen molar-refractivity contribution in [2.45, 2.75) is 32.9 Å². The van der Waals surface area contributed by atoms with Crippen LogP contribution in [0.25, 0.3) is 0 Å². The van der Waals surface area contributed by atoms with Gasteiger partial charge in [0.05, 0.1) is 6.26 Å². The van der Waals surface area contributed by atoms with Crippen molar-refractivity contribution in [1.29, 1.82) is 0 Å². The molecule has 1 amide bonds. The van der Waals surface area contributed by atoms with Crippen molar-refractivity contribution in [3.05, 3.63) is 59.5 Å². The van der Waals surface area contributed by atoms with Crippen molar-refractivity contribution in [3.63, 3.8) is 0 Å². The quantitative estimate of drug-likeness (QED) is 0.575. The number of likely N-dealkylation sites (tertiary alicyclic amines) is 1. The van der Waals surface area contributed by atoms with Crippen molar-refractivity contribution in [2.24, 2.45) is 10.9 Å². The minimum atomic E-state index is -0.0439. The third kappa shape index (κ3) is 5.71. The number of hydrogen-bond acceptors (Lipinski definition) is 4. The molecule has 1 aromatic heterocycles. The van der Waals surface area contributed by atoms with Crippen molar-refractivity contribution in [1.82, 2.24) is 20.0 Å². The fourth-order valence-corrected chi connectivity index (χ4v) is 4.51. The number of hydrogen-bond donors (Lipinski definition) is 1. The number of furan rings is 1. The fraction of sp³-hybridized carbons (Fsp3) is 0.520. The molecule has 2 aliphatic heterocycles. The van der Waals surface area contributed by atoms with Crippen molar-refractivity contribution in [3.8, 4) is 0 Å². The van der Waals surface area contributed by atoms with Crippen LogP contribution in [0.2, 0.25) is 0 Å². The molecule has 0 unspecified atom stereocenters. The smallest absolute Gasteiger partial charge is 0.289 e. The second kappa shape index (κ2) is 10.7. The number of carbonyl (C=O) groups is 1. The van der Waals surface area contributed by atoms with Crippen LogP contribution < -0.4 is 5.32 Å². The summed E-state index contributed by atoms with van der Waals surface area (Å²) in [4.78, 5) is 23.6. The number of aliphatic imine (C=N–C) groups is 1. The van der Waals surface area contributed by atoms with E-state index in [1.165, 1.54) is 43.3 Å². The highest BCUT2D eigenvalue weighted by molar-refractivity contribution is 5.91. The predicted molar refractivity (Wildman–Crippen MR) is 127 cm³/mol. The lowest BCUT2D eigenvalue weighted by molar-refractivity contribution is 0.0657. The van der Waals surface area contributed by atoms with Gasteiger partial charge < -0.3 is 19.5 Å². The molecule has 172 valence electrons. The first-order chi connectivity index (χ1) is 15.6. The fourth-order valence-electron chi connectivity index (χ4n) is 4.51. The summed E-state index contributed by atoms with van der Waals surface area (Å²) in [5, 5.41) is 3.50. The van der Waals surface area contributed by atoms with Crippen LogP contribution in [0.5, 0.6) is 0 Å². The first kappa shape index (κ1) is 22.4. The normalized spacial score (nSPS) is 18.8. The molecule has 2 aromatic rings. The number of nitrogens with one attached hydrogen (secondary N) is 1. The van der Waals surface area contributed by atoms with Gasteiger partial charge in [0.1, 0.15) is 0 Å². The molecule has 32 heavy (non-hydrogen) atoms. The first-order valence-corrected chi connectivity index (χ1v) is 11.7. The van der Waals surface area contributed by atoms with E-state index in [2.05, 4.69) is 51.3 Å². The van der Waals surface area contributed by atoms with E-state index in [9.17, 15) is 4.79 Å². The van der Waals surface area contributed by atoms with Gasteiger partial charge >= 0.3 is 0 Å². The van der Waals surface area contributed by atoms with E-state index in [0.717, 1.165) is 38.1 Å². The second-order valence-electron chi connectivity index (χ2n) is 8.94. The van der Waals surface area contributed by atoms with Crippen LogP contribution in [0, 0.1) is 5.92 Å². The van der Waals surface area contributed by atoms with Gasteiger partial charge in [0.2, 0.25) is 0 Å². The Bertz CT molecular complexity index is 895. The summed E-state index contributed by atoms with van der Waals surface area (Å²) in [6, 6.07) is 12.3. The summed E-state index contributed by atoms with van der Waals surface area (Å²) >= 11 is 0. The first-order valence-electron chi connectivity index (χ1n) is 11.7. The Kier molecular flexibility index (Phi) is 7.47. The highest BCUT2D eigenvalue weighted by Gasteiger charge is 2.25. The summed E-state index contributed by atoms with van der Waals surface area (Å²) < 4.78 is 5.25. The predicted octanol–water partition coefficient (Wildman–Crippen LogP) is 3.04. The van der Waals surface area contributed by atoms with Crippen LogP contribution in [0.4, 0.5) is 0 Å². The second-order valence-corrected chi connectivity index (χ2v) is 8.94. The van der Waals surface area contributed by atoms with Crippen molar-refractivity contribution < 1.29 is 9.21 Å². The standard InChI is InChI=1S/C25H35N5O2/c1-20-8-10-28(11-9-20)19-22-6-3-5-21(17-22)18-27-25(26-2)30-14-12-29(13-15-30)24(31)23-7-4-16-32-23/h3-7,16-17,20H,8-15,18-19H2,1-2H3,(H,26,27). The molecule has 2 aliphatic rings. The lowest BCUT2D eigenvalue weighted by Gasteiger charge is -2.36.